The molecule has 2 spiro atoms. The van der Waals surface area contributed by atoms with Crippen molar-refractivity contribution in [3.05, 3.63) is 35.7 Å². The van der Waals surface area contributed by atoms with E-state index in [9.17, 15) is 0 Å². The highest BCUT2D eigenvalue weighted by Crippen LogP contribution is 2.58. The number of hydrogen-bond acceptors (Lipinski definition) is 5. The van der Waals surface area contributed by atoms with Crippen molar-refractivity contribution in [3.8, 4) is 11.4 Å². The van der Waals surface area contributed by atoms with E-state index in [0.717, 1.165) is 55.8 Å². The van der Waals surface area contributed by atoms with Crippen molar-refractivity contribution in [1.82, 2.24) is 19.9 Å². The maximum absolute atomic E-state index is 5.08. The van der Waals surface area contributed by atoms with Crippen LogP contribution in [0.15, 0.2) is 24.3 Å². The topological polar surface area (TPSA) is 45.2 Å². The molecular formula is C23H29N5. The molecule has 4 heterocycles. The number of nitrogens with zero attached hydrogens (tertiary/aromatic N) is 5. The van der Waals surface area contributed by atoms with Gasteiger partial charge in [0.1, 0.15) is 5.82 Å². The monoisotopic (exact) mass is 375 g/mol. The van der Waals surface area contributed by atoms with Gasteiger partial charge in [-0.05, 0) is 69.5 Å². The van der Waals surface area contributed by atoms with Crippen molar-refractivity contribution >= 4 is 5.95 Å². The van der Waals surface area contributed by atoms with E-state index in [-0.39, 0.29) is 5.41 Å². The molecule has 2 aliphatic carbocycles. The van der Waals surface area contributed by atoms with Gasteiger partial charge in [-0.1, -0.05) is 24.3 Å². The van der Waals surface area contributed by atoms with Crippen LogP contribution in [-0.4, -0.2) is 53.1 Å². The highest BCUT2D eigenvalue weighted by molar-refractivity contribution is 5.58. The summed E-state index contributed by atoms with van der Waals surface area (Å²) in [5.41, 5.74) is 3.28. The number of anilines is 1. The average Bonchev–Trinajstić information content (AvgIpc) is 3.62. The molecule has 28 heavy (non-hydrogen) atoms. The van der Waals surface area contributed by atoms with Crippen molar-refractivity contribution in [2.75, 3.05) is 38.1 Å². The largest absolute Gasteiger partial charge is 0.339 e. The van der Waals surface area contributed by atoms with Gasteiger partial charge in [0.2, 0.25) is 5.95 Å². The third-order valence-electron chi connectivity index (χ3n) is 7.64. The molecule has 0 atom stereocenters. The molecule has 2 aromatic rings. The third kappa shape index (κ3) is 2.74. The molecule has 3 fully saturated rings. The summed E-state index contributed by atoms with van der Waals surface area (Å²) in [6.07, 6.45) is 8.81. The Morgan fingerprint density at radius 1 is 0.750 bits per heavy atom. The van der Waals surface area contributed by atoms with E-state index in [1.165, 1.54) is 44.1 Å². The number of rotatable bonds is 1. The van der Waals surface area contributed by atoms with Gasteiger partial charge in [-0.25, -0.2) is 4.98 Å². The van der Waals surface area contributed by atoms with Gasteiger partial charge in [-0.3, -0.25) is 0 Å². The second-order valence-electron chi connectivity index (χ2n) is 9.56. The Labute approximate surface area is 167 Å². The normalized spacial score (nSPS) is 24.8. The molecule has 3 aliphatic heterocycles. The lowest BCUT2D eigenvalue weighted by atomic mass is 9.86. The van der Waals surface area contributed by atoms with E-state index in [0.29, 0.717) is 5.41 Å². The van der Waals surface area contributed by atoms with Gasteiger partial charge in [0.05, 0.1) is 0 Å². The smallest absolute Gasteiger partial charge is 0.229 e. The van der Waals surface area contributed by atoms with Gasteiger partial charge < -0.3 is 9.80 Å². The predicted octanol–water partition coefficient (Wildman–Crippen LogP) is 3.54. The van der Waals surface area contributed by atoms with Crippen molar-refractivity contribution in [1.29, 1.82) is 0 Å². The molecule has 0 N–H and O–H groups in total. The molecule has 5 aliphatic rings. The summed E-state index contributed by atoms with van der Waals surface area (Å²) in [6, 6.07) is 9.13. The van der Waals surface area contributed by atoms with Gasteiger partial charge >= 0.3 is 0 Å². The van der Waals surface area contributed by atoms with Crippen molar-refractivity contribution < 1.29 is 0 Å². The molecule has 1 aromatic carbocycles. The molecule has 4 bridgehead atoms. The zero-order chi connectivity index (χ0) is 18.8. The van der Waals surface area contributed by atoms with Crippen LogP contribution in [0.3, 0.4) is 0 Å². The average molecular weight is 376 g/mol. The first kappa shape index (κ1) is 16.9. The van der Waals surface area contributed by atoms with Crippen LogP contribution in [0.25, 0.3) is 11.4 Å². The van der Waals surface area contributed by atoms with Gasteiger partial charge in [0.25, 0.3) is 0 Å². The molecule has 5 nitrogen and oxygen atoms in total. The van der Waals surface area contributed by atoms with E-state index in [4.69, 9.17) is 15.0 Å². The van der Waals surface area contributed by atoms with E-state index in [1.807, 2.05) is 0 Å². The lowest BCUT2D eigenvalue weighted by Gasteiger charge is -2.23. The van der Waals surface area contributed by atoms with Crippen molar-refractivity contribution in [2.24, 2.45) is 0 Å². The summed E-state index contributed by atoms with van der Waals surface area (Å²) in [5, 5.41) is 0. The summed E-state index contributed by atoms with van der Waals surface area (Å²) < 4.78 is 0. The highest BCUT2D eigenvalue weighted by Gasteiger charge is 2.52. The number of likely N-dealkylation sites (N-methyl/N-ethyl adjacent to an activating group) is 1. The minimum atomic E-state index is 0.204. The Morgan fingerprint density at radius 2 is 1.46 bits per heavy atom. The molecule has 0 radical (unpaired) electrons. The summed E-state index contributed by atoms with van der Waals surface area (Å²) in [6.45, 7) is 4.24. The third-order valence-corrected chi connectivity index (χ3v) is 7.64. The van der Waals surface area contributed by atoms with Gasteiger partial charge in [0.15, 0.2) is 5.82 Å². The first-order valence-corrected chi connectivity index (χ1v) is 11.0. The van der Waals surface area contributed by atoms with Gasteiger partial charge in [-0.15, -0.1) is 0 Å². The fourth-order valence-electron chi connectivity index (χ4n) is 5.14. The van der Waals surface area contributed by atoms with Crippen LogP contribution in [0, 0.1) is 0 Å². The van der Waals surface area contributed by atoms with E-state index < -0.39 is 0 Å². The maximum atomic E-state index is 5.08. The Bertz CT molecular complexity index is 898. The molecule has 5 heteroatoms. The molecule has 1 aromatic heterocycles. The number of benzene rings is 1. The summed E-state index contributed by atoms with van der Waals surface area (Å²) in [7, 11) is 2.21. The van der Waals surface area contributed by atoms with Crippen LogP contribution in [0.1, 0.15) is 56.3 Å². The Hall–Kier alpha value is -2.01. The SMILES string of the molecule is CN1CCCN(c2nc3nc(n2)C2(CCC4(CC4)c4ccc-3cc4)CC2)CC1. The summed E-state index contributed by atoms with van der Waals surface area (Å²) in [5.74, 6) is 2.82. The number of fused-ring (bicyclic) bond motifs is 3. The maximum Gasteiger partial charge on any atom is 0.229 e. The van der Waals surface area contributed by atoms with Crippen LogP contribution in [-0.2, 0) is 10.8 Å². The highest BCUT2D eigenvalue weighted by atomic mass is 15.3. The Kier molecular flexibility index (Phi) is 3.62. The summed E-state index contributed by atoms with van der Waals surface area (Å²) in [4.78, 5) is 19.8. The number of aromatic nitrogens is 3. The molecule has 146 valence electrons. The first-order chi connectivity index (χ1) is 13.7. The van der Waals surface area contributed by atoms with Crippen LogP contribution in [0.4, 0.5) is 5.95 Å². The van der Waals surface area contributed by atoms with Crippen LogP contribution >= 0.6 is 0 Å². The first-order valence-electron chi connectivity index (χ1n) is 11.0. The van der Waals surface area contributed by atoms with Crippen molar-refractivity contribution in [3.63, 3.8) is 0 Å². The molecule has 1 saturated heterocycles. The minimum absolute atomic E-state index is 0.204. The molecular weight excluding hydrogens is 346 g/mol. The fraction of sp³-hybridized carbons (Fsp3) is 0.609. The van der Waals surface area contributed by atoms with Crippen LogP contribution in [0.5, 0.6) is 0 Å². The Balaban J connectivity index is 1.45. The summed E-state index contributed by atoms with van der Waals surface area (Å²) >= 11 is 0. The standard InChI is InChI=1S/C23H29N5/c1-27-13-2-14-28(16-15-27)21-25-19-17-3-5-18(6-4-17)22(7-8-22)9-10-23(11-12-23)20(24-19)26-21/h3-6H,2,7-16H2,1H3. The lowest BCUT2D eigenvalue weighted by Crippen LogP contribution is -2.31. The molecule has 7 rings (SSSR count). The Morgan fingerprint density at radius 3 is 2.21 bits per heavy atom. The van der Waals surface area contributed by atoms with Crippen molar-refractivity contribution in [2.45, 2.75) is 55.8 Å². The molecule has 0 amide bonds. The van der Waals surface area contributed by atoms with E-state index >= 15 is 0 Å². The van der Waals surface area contributed by atoms with Gasteiger partial charge in [-0.2, -0.15) is 9.97 Å². The quantitative estimate of drug-likeness (QED) is 0.763. The second-order valence-corrected chi connectivity index (χ2v) is 9.56. The zero-order valence-corrected chi connectivity index (χ0v) is 16.8. The second kappa shape index (κ2) is 5.99. The number of hydrogen-bond donors (Lipinski definition) is 0. The molecule has 0 unspecified atom stereocenters. The minimum Gasteiger partial charge on any atom is -0.339 e. The lowest BCUT2D eigenvalue weighted by molar-refractivity contribution is 0.360. The zero-order valence-electron chi connectivity index (χ0n) is 16.8. The van der Waals surface area contributed by atoms with E-state index in [1.54, 1.807) is 0 Å². The van der Waals surface area contributed by atoms with E-state index in [2.05, 4.69) is 41.1 Å². The van der Waals surface area contributed by atoms with Gasteiger partial charge in [0, 0.05) is 30.6 Å². The molecule has 2 saturated carbocycles. The van der Waals surface area contributed by atoms with Crippen LogP contribution < -0.4 is 4.90 Å². The fourth-order valence-corrected chi connectivity index (χ4v) is 5.14. The van der Waals surface area contributed by atoms with Crippen LogP contribution in [0.2, 0.25) is 0 Å². The predicted molar refractivity (Wildman–Crippen MR) is 111 cm³/mol.